The molecule has 0 spiro atoms. The monoisotopic (exact) mass is 230 g/mol. The van der Waals surface area contributed by atoms with Gasteiger partial charge in [-0.05, 0) is 22.9 Å². The van der Waals surface area contributed by atoms with Crippen LogP contribution >= 0.6 is 23.4 Å². The topological polar surface area (TPSA) is 20.2 Å². The number of thioether (sulfide) groups is 1. The number of halogens is 1. The number of benzene rings is 1. The lowest BCUT2D eigenvalue weighted by Gasteiger charge is -2.12. The fourth-order valence-corrected chi connectivity index (χ4v) is 2.05. The molecule has 0 bridgehead atoms. The van der Waals surface area contributed by atoms with Crippen LogP contribution in [0.1, 0.15) is 25.5 Å². The van der Waals surface area contributed by atoms with Crippen LogP contribution in [0.25, 0.3) is 0 Å². The summed E-state index contributed by atoms with van der Waals surface area (Å²) in [5.41, 5.74) is 0.894. The summed E-state index contributed by atoms with van der Waals surface area (Å²) in [6.07, 6.45) is -0.416. The Morgan fingerprint density at radius 1 is 1.43 bits per heavy atom. The molecule has 0 amide bonds. The molecule has 0 aliphatic carbocycles. The first-order chi connectivity index (χ1) is 6.59. The highest BCUT2D eigenvalue weighted by Gasteiger charge is 2.08. The van der Waals surface area contributed by atoms with Crippen molar-refractivity contribution >= 4 is 23.4 Å². The van der Waals surface area contributed by atoms with Crippen molar-refractivity contribution < 1.29 is 5.11 Å². The van der Waals surface area contributed by atoms with E-state index in [1.807, 2.05) is 24.3 Å². The Balaban J connectivity index is 2.56. The Morgan fingerprint density at radius 2 is 2.14 bits per heavy atom. The Kier molecular flexibility index (Phi) is 4.79. The molecule has 14 heavy (non-hydrogen) atoms. The van der Waals surface area contributed by atoms with Crippen molar-refractivity contribution in [3.63, 3.8) is 0 Å². The van der Waals surface area contributed by atoms with Crippen LogP contribution in [0.15, 0.2) is 24.3 Å². The van der Waals surface area contributed by atoms with Gasteiger partial charge in [-0.25, -0.2) is 0 Å². The second-order valence-corrected chi connectivity index (χ2v) is 5.50. The maximum Gasteiger partial charge on any atom is 0.0881 e. The van der Waals surface area contributed by atoms with E-state index in [1.54, 1.807) is 11.8 Å². The molecular weight excluding hydrogens is 216 g/mol. The van der Waals surface area contributed by atoms with Crippen LogP contribution in [0.2, 0.25) is 5.02 Å². The Bertz CT molecular complexity index is 288. The summed E-state index contributed by atoms with van der Waals surface area (Å²) >= 11 is 7.58. The van der Waals surface area contributed by atoms with Crippen LogP contribution in [0.5, 0.6) is 0 Å². The second-order valence-electron chi connectivity index (χ2n) is 3.45. The molecule has 0 aliphatic heterocycles. The maximum atomic E-state index is 9.81. The van der Waals surface area contributed by atoms with Gasteiger partial charge in [-0.15, -0.1) is 0 Å². The standard InChI is InChI=1S/C11H15ClOS/c1-8(2)14-7-11(13)9-4-3-5-10(12)6-9/h3-6,8,11,13H,7H2,1-2H3. The van der Waals surface area contributed by atoms with Crippen LogP contribution in [0.4, 0.5) is 0 Å². The zero-order valence-electron chi connectivity index (χ0n) is 8.40. The zero-order valence-corrected chi connectivity index (χ0v) is 9.98. The molecule has 78 valence electrons. The zero-order chi connectivity index (χ0) is 10.6. The van der Waals surface area contributed by atoms with Gasteiger partial charge in [0.25, 0.3) is 0 Å². The van der Waals surface area contributed by atoms with E-state index in [-0.39, 0.29) is 0 Å². The number of hydrogen-bond acceptors (Lipinski definition) is 2. The van der Waals surface area contributed by atoms with E-state index in [2.05, 4.69) is 13.8 Å². The van der Waals surface area contributed by atoms with E-state index in [1.165, 1.54) is 0 Å². The highest BCUT2D eigenvalue weighted by atomic mass is 35.5. The summed E-state index contributed by atoms with van der Waals surface area (Å²) in [5, 5.41) is 11.0. The molecule has 1 rings (SSSR count). The van der Waals surface area contributed by atoms with E-state index >= 15 is 0 Å². The van der Waals surface area contributed by atoms with Crippen LogP contribution in [-0.4, -0.2) is 16.1 Å². The van der Waals surface area contributed by atoms with Crippen molar-refractivity contribution in [1.82, 2.24) is 0 Å². The van der Waals surface area contributed by atoms with Gasteiger partial charge in [0.2, 0.25) is 0 Å². The quantitative estimate of drug-likeness (QED) is 0.854. The molecule has 0 aliphatic rings. The average molecular weight is 231 g/mol. The van der Waals surface area contributed by atoms with Crippen molar-refractivity contribution in [2.45, 2.75) is 25.2 Å². The highest BCUT2D eigenvalue weighted by Crippen LogP contribution is 2.22. The lowest BCUT2D eigenvalue weighted by Crippen LogP contribution is -2.02. The molecule has 0 saturated carbocycles. The van der Waals surface area contributed by atoms with Crippen molar-refractivity contribution in [3.05, 3.63) is 34.9 Å². The molecule has 0 saturated heterocycles. The van der Waals surface area contributed by atoms with Crippen LogP contribution in [0.3, 0.4) is 0 Å². The summed E-state index contributed by atoms with van der Waals surface area (Å²) in [6, 6.07) is 7.39. The molecule has 0 fully saturated rings. The molecule has 1 aromatic carbocycles. The lowest BCUT2D eigenvalue weighted by molar-refractivity contribution is 0.204. The van der Waals surface area contributed by atoms with Crippen LogP contribution < -0.4 is 0 Å². The van der Waals surface area contributed by atoms with Gasteiger partial charge < -0.3 is 5.11 Å². The third-order valence-electron chi connectivity index (χ3n) is 1.82. The van der Waals surface area contributed by atoms with Gasteiger partial charge in [-0.2, -0.15) is 11.8 Å². The van der Waals surface area contributed by atoms with Crippen LogP contribution in [0, 0.1) is 0 Å². The molecule has 1 atom stereocenters. The third kappa shape index (κ3) is 3.91. The fraction of sp³-hybridized carbons (Fsp3) is 0.455. The number of hydrogen-bond donors (Lipinski definition) is 1. The van der Waals surface area contributed by atoms with E-state index in [0.717, 1.165) is 11.3 Å². The number of rotatable bonds is 4. The van der Waals surface area contributed by atoms with Gasteiger partial charge in [0.15, 0.2) is 0 Å². The van der Waals surface area contributed by atoms with Gasteiger partial charge in [0, 0.05) is 10.8 Å². The Hall–Kier alpha value is -0.180. The minimum atomic E-state index is -0.416. The van der Waals surface area contributed by atoms with Crippen molar-refractivity contribution in [2.75, 3.05) is 5.75 Å². The third-order valence-corrected chi connectivity index (χ3v) is 3.23. The van der Waals surface area contributed by atoms with Gasteiger partial charge >= 0.3 is 0 Å². The SMILES string of the molecule is CC(C)SCC(O)c1cccc(Cl)c1. The Morgan fingerprint density at radius 3 is 2.71 bits per heavy atom. The van der Waals surface area contributed by atoms with Gasteiger partial charge in [-0.1, -0.05) is 37.6 Å². The fourth-order valence-electron chi connectivity index (χ4n) is 1.09. The summed E-state index contributed by atoms with van der Waals surface area (Å²) in [5.74, 6) is 0.720. The van der Waals surface area contributed by atoms with E-state index in [0.29, 0.717) is 10.3 Å². The van der Waals surface area contributed by atoms with E-state index in [4.69, 9.17) is 11.6 Å². The summed E-state index contributed by atoms with van der Waals surface area (Å²) in [4.78, 5) is 0. The average Bonchev–Trinajstić information content (AvgIpc) is 2.14. The molecule has 0 heterocycles. The molecule has 0 radical (unpaired) electrons. The summed E-state index contributed by atoms with van der Waals surface area (Å²) in [6.45, 7) is 4.24. The van der Waals surface area contributed by atoms with Crippen LogP contribution in [-0.2, 0) is 0 Å². The molecule has 0 aromatic heterocycles. The molecule has 1 aromatic rings. The number of aliphatic hydroxyl groups is 1. The Labute approximate surface area is 94.5 Å². The largest absolute Gasteiger partial charge is 0.388 e. The van der Waals surface area contributed by atoms with E-state index < -0.39 is 6.10 Å². The number of aliphatic hydroxyl groups excluding tert-OH is 1. The minimum Gasteiger partial charge on any atom is -0.388 e. The van der Waals surface area contributed by atoms with Gasteiger partial charge in [-0.3, -0.25) is 0 Å². The van der Waals surface area contributed by atoms with Gasteiger partial charge in [0.1, 0.15) is 0 Å². The first-order valence-corrected chi connectivity index (χ1v) is 6.07. The smallest absolute Gasteiger partial charge is 0.0881 e. The molecule has 1 nitrogen and oxygen atoms in total. The maximum absolute atomic E-state index is 9.81. The van der Waals surface area contributed by atoms with Gasteiger partial charge in [0.05, 0.1) is 6.10 Å². The second kappa shape index (κ2) is 5.64. The minimum absolute atomic E-state index is 0.416. The molecule has 1 unspecified atom stereocenters. The molecule has 3 heteroatoms. The molecule has 1 N–H and O–H groups in total. The van der Waals surface area contributed by atoms with Crippen molar-refractivity contribution in [2.24, 2.45) is 0 Å². The van der Waals surface area contributed by atoms with E-state index in [9.17, 15) is 5.11 Å². The lowest BCUT2D eigenvalue weighted by atomic mass is 10.1. The molecular formula is C11H15ClOS. The first-order valence-electron chi connectivity index (χ1n) is 4.64. The summed E-state index contributed by atoms with van der Waals surface area (Å²) < 4.78 is 0. The predicted octanol–water partition coefficient (Wildman–Crippen LogP) is 3.52. The normalized spacial score (nSPS) is 13.2. The highest BCUT2D eigenvalue weighted by molar-refractivity contribution is 7.99. The van der Waals surface area contributed by atoms with Crippen molar-refractivity contribution in [3.8, 4) is 0 Å². The van der Waals surface area contributed by atoms with Crippen molar-refractivity contribution in [1.29, 1.82) is 0 Å². The predicted molar refractivity (Wildman–Crippen MR) is 64.0 cm³/mol. The summed E-state index contributed by atoms with van der Waals surface area (Å²) in [7, 11) is 0. The first kappa shape index (κ1) is 11.9.